The molecule has 0 N–H and O–H groups in total. The van der Waals surface area contributed by atoms with Crippen LogP contribution in [0, 0.1) is 0 Å². The summed E-state index contributed by atoms with van der Waals surface area (Å²) in [5.74, 6) is 0.164. The molecule has 1 heterocycles. The van der Waals surface area contributed by atoms with Gasteiger partial charge in [0.25, 0.3) is 11.8 Å². The van der Waals surface area contributed by atoms with Crippen molar-refractivity contribution in [1.29, 1.82) is 0 Å². The van der Waals surface area contributed by atoms with Crippen LogP contribution in [0.25, 0.3) is 0 Å². The van der Waals surface area contributed by atoms with E-state index in [4.69, 9.17) is 9.47 Å². The maximum Gasteiger partial charge on any atom is 0.534 e. The molecule has 0 atom stereocenters. The minimum atomic E-state index is -1.11. The van der Waals surface area contributed by atoms with E-state index in [1.807, 2.05) is 30.3 Å². The van der Waals surface area contributed by atoms with Crippen LogP contribution in [0.2, 0.25) is 0 Å². The first-order valence-corrected chi connectivity index (χ1v) is 7.64. The second-order valence-corrected chi connectivity index (χ2v) is 5.27. The van der Waals surface area contributed by atoms with Crippen molar-refractivity contribution in [3.05, 3.63) is 60.2 Å². The van der Waals surface area contributed by atoms with Crippen LogP contribution in [-0.4, -0.2) is 23.0 Å². The van der Waals surface area contributed by atoms with Gasteiger partial charge in [0, 0.05) is 12.8 Å². The molecule has 0 unspecified atom stereocenters. The van der Waals surface area contributed by atoms with E-state index in [1.165, 1.54) is 0 Å². The monoisotopic (exact) mass is 341 g/mol. The number of rotatable bonds is 5. The topological polar surface area (TPSA) is 82.1 Å². The van der Waals surface area contributed by atoms with Crippen LogP contribution in [0.4, 0.5) is 4.79 Å². The van der Waals surface area contributed by atoms with Crippen LogP contribution in [0.15, 0.2) is 54.6 Å². The van der Waals surface area contributed by atoms with Crippen LogP contribution in [0.5, 0.6) is 11.5 Å². The summed E-state index contributed by atoms with van der Waals surface area (Å²) in [5, 5.41) is 0.442. The van der Waals surface area contributed by atoms with Gasteiger partial charge in [0.1, 0.15) is 18.1 Å². The molecule has 0 bridgehead atoms. The fourth-order valence-corrected chi connectivity index (χ4v) is 2.22. The zero-order valence-corrected chi connectivity index (χ0v) is 13.2. The van der Waals surface area contributed by atoms with Crippen LogP contribution in [0.1, 0.15) is 18.4 Å². The van der Waals surface area contributed by atoms with Gasteiger partial charge in [0.05, 0.1) is 0 Å². The van der Waals surface area contributed by atoms with E-state index >= 15 is 0 Å². The Morgan fingerprint density at radius 3 is 2.32 bits per heavy atom. The number of hydrogen-bond acceptors (Lipinski definition) is 6. The average molecular weight is 341 g/mol. The Labute approximate surface area is 143 Å². The molecule has 2 aromatic rings. The molecule has 2 aromatic carbocycles. The van der Waals surface area contributed by atoms with E-state index in [1.54, 1.807) is 24.3 Å². The van der Waals surface area contributed by atoms with Crippen molar-refractivity contribution in [3.63, 3.8) is 0 Å². The summed E-state index contributed by atoms with van der Waals surface area (Å²) >= 11 is 0. The highest BCUT2D eigenvalue weighted by Gasteiger charge is 2.33. The van der Waals surface area contributed by atoms with E-state index in [-0.39, 0.29) is 19.4 Å². The Balaban J connectivity index is 1.54. The van der Waals surface area contributed by atoms with Crippen LogP contribution < -0.4 is 4.74 Å². The lowest BCUT2D eigenvalue weighted by Crippen LogP contribution is -2.32. The predicted octanol–water partition coefficient (Wildman–Crippen LogP) is 3.20. The molecule has 3 rings (SSSR count). The summed E-state index contributed by atoms with van der Waals surface area (Å²) in [4.78, 5) is 39.0. The SMILES string of the molecule is O=C(OCc1cccc(Oc2ccccc2)c1)ON1C(=O)CCC1=O. The number of benzene rings is 2. The maximum atomic E-state index is 11.6. The van der Waals surface area contributed by atoms with Gasteiger partial charge in [-0.1, -0.05) is 35.4 Å². The largest absolute Gasteiger partial charge is 0.534 e. The second-order valence-electron chi connectivity index (χ2n) is 5.27. The number of nitrogens with zero attached hydrogens (tertiary/aromatic N) is 1. The number of carbonyl (C=O) groups is 3. The first-order chi connectivity index (χ1) is 12.1. The molecular formula is C18H15NO6. The van der Waals surface area contributed by atoms with E-state index in [2.05, 4.69) is 4.84 Å². The van der Waals surface area contributed by atoms with Crippen molar-refractivity contribution in [1.82, 2.24) is 5.06 Å². The van der Waals surface area contributed by atoms with E-state index < -0.39 is 18.0 Å². The molecule has 0 saturated carbocycles. The lowest BCUT2D eigenvalue weighted by molar-refractivity contribution is -0.177. The Kier molecular flexibility index (Phi) is 4.94. The number of amides is 2. The van der Waals surface area contributed by atoms with Crippen molar-refractivity contribution in [2.45, 2.75) is 19.4 Å². The third kappa shape index (κ3) is 4.35. The van der Waals surface area contributed by atoms with Crippen molar-refractivity contribution >= 4 is 18.0 Å². The summed E-state index contributed by atoms with van der Waals surface area (Å²) in [6.07, 6.45) is -1.05. The molecule has 0 spiro atoms. The maximum absolute atomic E-state index is 11.6. The van der Waals surface area contributed by atoms with Crippen molar-refractivity contribution in [3.8, 4) is 11.5 Å². The first-order valence-electron chi connectivity index (χ1n) is 7.64. The van der Waals surface area contributed by atoms with Gasteiger partial charge in [-0.25, -0.2) is 4.79 Å². The lowest BCUT2D eigenvalue weighted by Gasteiger charge is -2.12. The highest BCUT2D eigenvalue weighted by molar-refractivity contribution is 6.01. The van der Waals surface area contributed by atoms with Gasteiger partial charge >= 0.3 is 6.16 Å². The van der Waals surface area contributed by atoms with Crippen molar-refractivity contribution in [2.24, 2.45) is 0 Å². The van der Waals surface area contributed by atoms with Crippen LogP contribution >= 0.6 is 0 Å². The van der Waals surface area contributed by atoms with Crippen LogP contribution in [-0.2, 0) is 25.8 Å². The van der Waals surface area contributed by atoms with Gasteiger partial charge in [-0.3, -0.25) is 14.4 Å². The van der Waals surface area contributed by atoms with Gasteiger partial charge in [0.15, 0.2) is 0 Å². The van der Waals surface area contributed by atoms with E-state index in [0.29, 0.717) is 22.1 Å². The molecule has 1 aliphatic heterocycles. The fraction of sp³-hybridized carbons (Fsp3) is 0.167. The Hall–Kier alpha value is -3.35. The molecule has 128 valence electrons. The zero-order chi connectivity index (χ0) is 17.6. The molecule has 25 heavy (non-hydrogen) atoms. The zero-order valence-electron chi connectivity index (χ0n) is 13.2. The summed E-state index contributed by atoms with van der Waals surface area (Å²) < 4.78 is 10.6. The molecule has 1 aliphatic rings. The molecule has 1 saturated heterocycles. The quantitative estimate of drug-likeness (QED) is 0.613. The molecule has 0 aromatic heterocycles. The minimum Gasteiger partial charge on any atom is -0.457 e. The molecular weight excluding hydrogens is 326 g/mol. The Morgan fingerprint density at radius 1 is 0.920 bits per heavy atom. The van der Waals surface area contributed by atoms with E-state index in [9.17, 15) is 14.4 Å². The number of carbonyl (C=O) groups excluding carboxylic acids is 3. The van der Waals surface area contributed by atoms with E-state index in [0.717, 1.165) is 0 Å². The molecule has 2 amide bonds. The Bertz CT molecular complexity index is 773. The third-order valence-corrected chi connectivity index (χ3v) is 3.41. The van der Waals surface area contributed by atoms with Crippen molar-refractivity contribution < 1.29 is 28.7 Å². The molecule has 1 fully saturated rings. The third-order valence-electron chi connectivity index (χ3n) is 3.41. The normalized spacial score (nSPS) is 13.7. The number of para-hydroxylation sites is 1. The second kappa shape index (κ2) is 7.48. The molecule has 0 aliphatic carbocycles. The number of ether oxygens (including phenoxy) is 2. The standard InChI is InChI=1S/C18H15NO6/c20-16-9-10-17(21)19(16)25-18(22)23-12-13-5-4-8-15(11-13)24-14-6-2-1-3-7-14/h1-8,11H,9-10,12H2. The molecule has 7 heteroatoms. The van der Waals surface area contributed by atoms with Crippen molar-refractivity contribution in [2.75, 3.05) is 0 Å². The minimum absolute atomic E-state index is 0.0327. The van der Waals surface area contributed by atoms with Crippen LogP contribution in [0.3, 0.4) is 0 Å². The lowest BCUT2D eigenvalue weighted by atomic mass is 10.2. The summed E-state index contributed by atoms with van der Waals surface area (Å²) in [6.45, 7) is -0.0823. The first kappa shape index (κ1) is 16.5. The summed E-state index contributed by atoms with van der Waals surface area (Å²) in [6, 6.07) is 16.3. The number of imide groups is 1. The molecule has 0 radical (unpaired) electrons. The predicted molar refractivity (Wildman–Crippen MR) is 85.3 cm³/mol. The Morgan fingerprint density at radius 2 is 1.60 bits per heavy atom. The highest BCUT2D eigenvalue weighted by Crippen LogP contribution is 2.22. The van der Waals surface area contributed by atoms with Gasteiger partial charge < -0.3 is 9.47 Å². The van der Waals surface area contributed by atoms with Gasteiger partial charge in [-0.15, -0.1) is 0 Å². The fourth-order valence-electron chi connectivity index (χ4n) is 2.22. The van der Waals surface area contributed by atoms with Gasteiger partial charge in [-0.05, 0) is 29.8 Å². The summed E-state index contributed by atoms with van der Waals surface area (Å²) in [7, 11) is 0. The molecule has 7 nitrogen and oxygen atoms in total. The van der Waals surface area contributed by atoms with Gasteiger partial charge in [0.2, 0.25) is 0 Å². The smallest absolute Gasteiger partial charge is 0.457 e. The highest BCUT2D eigenvalue weighted by atomic mass is 16.8. The average Bonchev–Trinajstić information content (AvgIpc) is 2.93. The number of hydrogen-bond donors (Lipinski definition) is 0. The summed E-state index contributed by atoms with van der Waals surface area (Å²) in [5.41, 5.74) is 0.671. The van der Waals surface area contributed by atoms with Gasteiger partial charge in [-0.2, -0.15) is 0 Å². The number of hydroxylamine groups is 2.